The van der Waals surface area contributed by atoms with Crippen LogP contribution in [0.5, 0.6) is 0 Å². The fourth-order valence-electron chi connectivity index (χ4n) is 2.88. The highest BCUT2D eigenvalue weighted by Gasteiger charge is 2.38. The number of anilines is 1. The predicted molar refractivity (Wildman–Crippen MR) is 124 cm³/mol. The first-order chi connectivity index (χ1) is 13.8. The van der Waals surface area contributed by atoms with Crippen LogP contribution < -0.4 is 5.32 Å². The molecule has 1 N–H and O–H groups in total. The van der Waals surface area contributed by atoms with Gasteiger partial charge in [0.2, 0.25) is 5.91 Å². The van der Waals surface area contributed by atoms with Crippen LogP contribution in [0.4, 0.5) is 5.69 Å². The van der Waals surface area contributed by atoms with Crippen LogP contribution in [0.25, 0.3) is 6.08 Å². The highest BCUT2D eigenvalue weighted by Crippen LogP contribution is 2.33. The van der Waals surface area contributed by atoms with Gasteiger partial charge in [-0.2, -0.15) is 0 Å². The van der Waals surface area contributed by atoms with Crippen molar-refractivity contribution in [2.24, 2.45) is 0 Å². The summed E-state index contributed by atoms with van der Waals surface area (Å²) in [7, 11) is 0. The minimum atomic E-state index is -0.701. The summed E-state index contributed by atoms with van der Waals surface area (Å²) in [5, 5.41) is 2.84. The van der Waals surface area contributed by atoms with E-state index in [2.05, 4.69) is 5.32 Å². The number of allylic oxidation sites excluding steroid dienone is 2. The van der Waals surface area contributed by atoms with E-state index in [0.29, 0.717) is 14.9 Å². The Hall–Kier alpha value is -2.70. The van der Waals surface area contributed by atoms with Crippen LogP contribution in [-0.4, -0.2) is 27.1 Å². The molecule has 0 aromatic heterocycles. The minimum absolute atomic E-state index is 0.243. The lowest BCUT2D eigenvalue weighted by molar-refractivity contribution is -0.129. The molecular weight excluding hydrogens is 400 g/mol. The van der Waals surface area contributed by atoms with Crippen LogP contribution in [0.2, 0.25) is 0 Å². The largest absolute Gasteiger partial charge is 0.324 e. The zero-order valence-electron chi connectivity index (χ0n) is 16.5. The van der Waals surface area contributed by atoms with Gasteiger partial charge in [0.15, 0.2) is 0 Å². The van der Waals surface area contributed by atoms with Crippen molar-refractivity contribution in [2.75, 3.05) is 5.32 Å². The maximum atomic E-state index is 12.9. The smallest absolute Gasteiger partial charge is 0.266 e. The van der Waals surface area contributed by atoms with Gasteiger partial charge in [0, 0.05) is 5.69 Å². The van der Waals surface area contributed by atoms with E-state index < -0.39 is 6.04 Å². The second-order valence-corrected chi connectivity index (χ2v) is 8.56. The summed E-state index contributed by atoms with van der Waals surface area (Å²) < 4.78 is 0.389. The number of nitrogens with zero attached hydrogens (tertiary/aromatic N) is 1. The Morgan fingerprint density at radius 2 is 1.79 bits per heavy atom. The molecule has 0 aliphatic carbocycles. The van der Waals surface area contributed by atoms with Crippen LogP contribution in [0.3, 0.4) is 0 Å². The van der Waals surface area contributed by atoms with Gasteiger partial charge in [-0.15, -0.1) is 0 Å². The molecule has 1 heterocycles. The Morgan fingerprint density at radius 1 is 1.14 bits per heavy atom. The van der Waals surface area contributed by atoms with Gasteiger partial charge in [-0.3, -0.25) is 14.5 Å². The summed E-state index contributed by atoms with van der Waals surface area (Å²) in [6.07, 6.45) is 3.82. The summed E-state index contributed by atoms with van der Waals surface area (Å²) in [6, 6.07) is 16.7. The summed E-state index contributed by atoms with van der Waals surface area (Å²) in [6.45, 7) is 5.60. The molecule has 1 fully saturated rings. The van der Waals surface area contributed by atoms with Crippen molar-refractivity contribution in [2.45, 2.75) is 26.8 Å². The average molecular weight is 423 g/mol. The van der Waals surface area contributed by atoms with Gasteiger partial charge in [-0.25, -0.2) is 0 Å². The lowest BCUT2D eigenvalue weighted by Gasteiger charge is -2.22. The van der Waals surface area contributed by atoms with Crippen LogP contribution in [-0.2, 0) is 9.59 Å². The zero-order valence-corrected chi connectivity index (χ0v) is 18.1. The monoisotopic (exact) mass is 422 g/mol. The van der Waals surface area contributed by atoms with Crippen molar-refractivity contribution in [1.82, 2.24) is 4.90 Å². The topological polar surface area (TPSA) is 49.4 Å². The van der Waals surface area contributed by atoms with Gasteiger partial charge in [-0.1, -0.05) is 78.1 Å². The second kappa shape index (κ2) is 9.20. The van der Waals surface area contributed by atoms with Crippen LogP contribution >= 0.6 is 24.0 Å². The molecule has 148 valence electrons. The molecule has 0 spiro atoms. The molecule has 2 amide bonds. The average Bonchev–Trinajstić information content (AvgIpc) is 2.96. The molecule has 0 radical (unpaired) electrons. The third kappa shape index (κ3) is 5.22. The van der Waals surface area contributed by atoms with E-state index in [1.807, 2.05) is 80.6 Å². The Balaban J connectivity index is 1.73. The lowest BCUT2D eigenvalue weighted by atomic mass is 10.1. The van der Waals surface area contributed by atoms with Crippen molar-refractivity contribution >= 4 is 51.9 Å². The number of hydrogen-bond donors (Lipinski definition) is 1. The summed E-state index contributed by atoms with van der Waals surface area (Å²) >= 11 is 6.60. The van der Waals surface area contributed by atoms with Crippen LogP contribution in [0.15, 0.2) is 71.2 Å². The SMILES string of the molecule is CC(/C=C1\SC(=S)N(C(C)C(=O)Nc2ccc(C)cc2)C1=O)=C\c1ccccc1. The molecule has 1 saturated heterocycles. The molecule has 29 heavy (non-hydrogen) atoms. The Morgan fingerprint density at radius 3 is 2.45 bits per heavy atom. The van der Waals surface area contributed by atoms with Gasteiger partial charge in [0.1, 0.15) is 10.4 Å². The molecule has 3 rings (SSSR count). The van der Waals surface area contributed by atoms with Crippen LogP contribution in [0, 0.1) is 6.92 Å². The number of benzene rings is 2. The van der Waals surface area contributed by atoms with Crippen molar-refractivity contribution < 1.29 is 9.59 Å². The number of amides is 2. The maximum absolute atomic E-state index is 12.9. The number of thiocarbonyl (C=S) groups is 1. The van der Waals surface area contributed by atoms with E-state index in [9.17, 15) is 9.59 Å². The van der Waals surface area contributed by atoms with E-state index in [1.165, 1.54) is 16.7 Å². The van der Waals surface area contributed by atoms with E-state index in [4.69, 9.17) is 12.2 Å². The lowest BCUT2D eigenvalue weighted by Crippen LogP contribution is -2.44. The van der Waals surface area contributed by atoms with E-state index in [0.717, 1.165) is 16.7 Å². The number of carbonyl (C=O) groups excluding carboxylic acids is 2. The quantitative estimate of drug-likeness (QED) is 0.533. The van der Waals surface area contributed by atoms with Crippen molar-refractivity contribution in [3.63, 3.8) is 0 Å². The van der Waals surface area contributed by atoms with Crippen molar-refractivity contribution in [3.05, 3.63) is 82.3 Å². The molecule has 1 unspecified atom stereocenters. The van der Waals surface area contributed by atoms with E-state index >= 15 is 0 Å². The minimum Gasteiger partial charge on any atom is -0.324 e. The standard InChI is InChI=1S/C23H22N2O2S2/c1-15-9-11-19(12-10-15)24-21(26)17(3)25-22(27)20(29-23(25)28)14-16(2)13-18-7-5-4-6-8-18/h4-14,17H,1-3H3,(H,24,26)/b16-13+,20-14-. The maximum Gasteiger partial charge on any atom is 0.266 e. The zero-order chi connectivity index (χ0) is 21.0. The number of rotatable bonds is 5. The first kappa shape index (κ1) is 21.0. The number of carbonyl (C=O) groups is 2. The molecule has 0 bridgehead atoms. The highest BCUT2D eigenvalue weighted by atomic mass is 32.2. The Bertz CT molecular complexity index is 995. The van der Waals surface area contributed by atoms with Gasteiger partial charge >= 0.3 is 0 Å². The predicted octanol–water partition coefficient (Wildman–Crippen LogP) is 5.17. The van der Waals surface area contributed by atoms with Crippen LogP contribution in [0.1, 0.15) is 25.0 Å². The van der Waals surface area contributed by atoms with Gasteiger partial charge < -0.3 is 5.32 Å². The van der Waals surface area contributed by atoms with Crippen molar-refractivity contribution in [3.8, 4) is 0 Å². The van der Waals surface area contributed by atoms with Gasteiger partial charge in [-0.05, 0) is 50.1 Å². The van der Waals surface area contributed by atoms with E-state index in [1.54, 1.807) is 6.92 Å². The highest BCUT2D eigenvalue weighted by molar-refractivity contribution is 8.26. The molecule has 0 saturated carbocycles. The summed E-state index contributed by atoms with van der Waals surface area (Å²) in [5.74, 6) is -0.518. The van der Waals surface area contributed by atoms with E-state index in [-0.39, 0.29) is 11.8 Å². The fourth-order valence-corrected chi connectivity index (χ4v) is 4.34. The molecule has 2 aromatic carbocycles. The first-order valence-electron chi connectivity index (χ1n) is 9.23. The number of aryl methyl sites for hydroxylation is 1. The van der Waals surface area contributed by atoms with Gasteiger partial charge in [0.25, 0.3) is 5.91 Å². The number of nitrogens with one attached hydrogen (secondary N) is 1. The summed E-state index contributed by atoms with van der Waals surface area (Å²) in [5.41, 5.74) is 3.79. The van der Waals surface area contributed by atoms with Crippen molar-refractivity contribution in [1.29, 1.82) is 0 Å². The van der Waals surface area contributed by atoms with Gasteiger partial charge in [0.05, 0.1) is 4.91 Å². The summed E-state index contributed by atoms with van der Waals surface area (Å²) in [4.78, 5) is 27.4. The third-order valence-corrected chi connectivity index (χ3v) is 5.79. The Labute approximate surface area is 180 Å². The fraction of sp³-hybridized carbons (Fsp3) is 0.174. The molecule has 1 aliphatic heterocycles. The molecular formula is C23H22N2O2S2. The Kier molecular flexibility index (Phi) is 6.67. The number of thioether (sulfide) groups is 1. The third-order valence-electron chi connectivity index (χ3n) is 4.46. The number of hydrogen-bond acceptors (Lipinski definition) is 4. The molecule has 6 heteroatoms. The molecule has 1 atom stereocenters. The molecule has 4 nitrogen and oxygen atoms in total. The second-order valence-electron chi connectivity index (χ2n) is 6.88. The first-order valence-corrected chi connectivity index (χ1v) is 10.5. The molecule has 2 aromatic rings. The normalized spacial score (nSPS) is 17.0. The molecule has 1 aliphatic rings.